The SMILES string of the molecule is CCCN1CC=C[C@@]2(C)S[C@]34C=CCN(c5ccc(OC)cc5)C(=O)C3N([C@@H](CO)[C@@H](C)CC)C(=O)[C@@H]4[C@H]2C1=O. The van der Waals surface area contributed by atoms with Gasteiger partial charge in [-0.15, -0.1) is 11.8 Å². The largest absolute Gasteiger partial charge is 0.497 e. The lowest BCUT2D eigenvalue weighted by Crippen LogP contribution is -2.58. The molecule has 2 fully saturated rings. The summed E-state index contributed by atoms with van der Waals surface area (Å²) in [6.07, 6.45) is 9.69. The van der Waals surface area contributed by atoms with Crippen LogP contribution in [-0.4, -0.2) is 87.6 Å². The van der Waals surface area contributed by atoms with E-state index in [0.29, 0.717) is 31.1 Å². The van der Waals surface area contributed by atoms with Crippen molar-refractivity contribution in [2.75, 3.05) is 38.3 Å². The minimum absolute atomic E-state index is 0.0288. The number of aliphatic hydroxyl groups is 1. The molecule has 1 N–H and O–H groups in total. The molecule has 1 spiro atoms. The molecular formula is C31H41N3O5S. The second-order valence-corrected chi connectivity index (χ2v) is 13.4. The van der Waals surface area contributed by atoms with Gasteiger partial charge in [-0.2, -0.15) is 0 Å². The third-order valence-corrected chi connectivity index (χ3v) is 11.1. The van der Waals surface area contributed by atoms with Crippen LogP contribution in [0.2, 0.25) is 0 Å². The molecule has 9 heteroatoms. The lowest BCUT2D eigenvalue weighted by molar-refractivity contribution is -0.146. The molecule has 1 aromatic carbocycles. The van der Waals surface area contributed by atoms with Gasteiger partial charge in [-0.05, 0) is 43.5 Å². The van der Waals surface area contributed by atoms with E-state index in [-0.39, 0.29) is 30.2 Å². The number of carbonyl (C=O) groups excluding carboxylic acids is 3. The summed E-state index contributed by atoms with van der Waals surface area (Å²) in [6, 6.07) is 5.94. The lowest BCUT2D eigenvalue weighted by atomic mass is 9.74. The van der Waals surface area contributed by atoms with Gasteiger partial charge in [0.1, 0.15) is 11.8 Å². The van der Waals surface area contributed by atoms with Gasteiger partial charge in [0, 0.05) is 30.1 Å². The summed E-state index contributed by atoms with van der Waals surface area (Å²) in [5.74, 6) is -1.09. The number of fused-ring (bicyclic) bond motifs is 2. The molecule has 1 unspecified atom stereocenters. The highest BCUT2D eigenvalue weighted by molar-refractivity contribution is 8.02. The van der Waals surface area contributed by atoms with E-state index in [9.17, 15) is 19.5 Å². The number of likely N-dealkylation sites (tertiary alicyclic amines) is 1. The molecule has 2 saturated heterocycles. The topological polar surface area (TPSA) is 90.4 Å². The third kappa shape index (κ3) is 4.28. The van der Waals surface area contributed by atoms with E-state index in [4.69, 9.17) is 4.74 Å². The van der Waals surface area contributed by atoms with Crippen LogP contribution < -0.4 is 9.64 Å². The fourth-order valence-corrected chi connectivity index (χ4v) is 9.29. The van der Waals surface area contributed by atoms with Crippen LogP contribution in [0, 0.1) is 17.8 Å². The maximum Gasteiger partial charge on any atom is 0.251 e. The Labute approximate surface area is 241 Å². The Morgan fingerprint density at radius 2 is 1.73 bits per heavy atom. The Morgan fingerprint density at radius 1 is 1.02 bits per heavy atom. The molecule has 0 radical (unpaired) electrons. The number of carbonyl (C=O) groups is 3. The minimum Gasteiger partial charge on any atom is -0.497 e. The zero-order valence-corrected chi connectivity index (χ0v) is 24.9. The van der Waals surface area contributed by atoms with Crippen LogP contribution in [-0.2, 0) is 14.4 Å². The summed E-state index contributed by atoms with van der Waals surface area (Å²) in [5, 5.41) is 10.6. The molecule has 216 valence electrons. The Bertz CT molecular complexity index is 1220. The van der Waals surface area contributed by atoms with Crippen LogP contribution in [0.3, 0.4) is 0 Å². The smallest absolute Gasteiger partial charge is 0.251 e. The van der Waals surface area contributed by atoms with Crippen molar-refractivity contribution in [1.82, 2.24) is 9.80 Å². The normalized spacial score (nSPS) is 32.9. The first-order chi connectivity index (χ1) is 19.2. The van der Waals surface area contributed by atoms with E-state index in [1.807, 2.05) is 75.1 Å². The van der Waals surface area contributed by atoms with Crippen LogP contribution in [0.1, 0.15) is 40.5 Å². The van der Waals surface area contributed by atoms with Crippen molar-refractivity contribution in [2.24, 2.45) is 17.8 Å². The number of hydrogen-bond donors (Lipinski definition) is 1. The average molecular weight is 568 g/mol. The number of hydrogen-bond acceptors (Lipinski definition) is 6. The first-order valence-corrected chi connectivity index (χ1v) is 15.2. The minimum atomic E-state index is -0.940. The number of amides is 3. The van der Waals surface area contributed by atoms with Crippen LogP contribution in [0.4, 0.5) is 5.69 Å². The van der Waals surface area contributed by atoms with E-state index in [1.54, 1.807) is 28.7 Å². The summed E-state index contributed by atoms with van der Waals surface area (Å²) < 4.78 is 3.73. The van der Waals surface area contributed by atoms with Gasteiger partial charge in [0.15, 0.2) is 0 Å². The van der Waals surface area contributed by atoms with Gasteiger partial charge in [-0.25, -0.2) is 0 Å². The Morgan fingerprint density at radius 3 is 2.35 bits per heavy atom. The van der Waals surface area contributed by atoms with Crippen molar-refractivity contribution in [2.45, 2.75) is 62.1 Å². The van der Waals surface area contributed by atoms with Crippen LogP contribution in [0.15, 0.2) is 48.6 Å². The van der Waals surface area contributed by atoms with E-state index in [1.165, 1.54) is 0 Å². The van der Waals surface area contributed by atoms with Gasteiger partial charge in [-0.3, -0.25) is 14.4 Å². The van der Waals surface area contributed by atoms with Crippen molar-refractivity contribution in [1.29, 1.82) is 0 Å². The van der Waals surface area contributed by atoms with E-state index in [2.05, 4.69) is 6.08 Å². The summed E-state index contributed by atoms with van der Waals surface area (Å²) in [7, 11) is 1.60. The van der Waals surface area contributed by atoms with Crippen LogP contribution >= 0.6 is 11.8 Å². The number of anilines is 1. The molecule has 0 aliphatic carbocycles. The van der Waals surface area contributed by atoms with E-state index < -0.39 is 33.4 Å². The highest BCUT2D eigenvalue weighted by Gasteiger charge is 2.74. The summed E-state index contributed by atoms with van der Waals surface area (Å²) >= 11 is 1.58. The number of ether oxygens (including phenoxy) is 1. The van der Waals surface area contributed by atoms with Gasteiger partial charge < -0.3 is 24.5 Å². The molecule has 8 nitrogen and oxygen atoms in total. The molecule has 4 aliphatic rings. The molecule has 0 bridgehead atoms. The molecule has 4 heterocycles. The second-order valence-electron chi connectivity index (χ2n) is 11.6. The monoisotopic (exact) mass is 567 g/mol. The maximum atomic E-state index is 14.7. The average Bonchev–Trinajstić information content (AvgIpc) is 3.22. The number of aliphatic hydroxyl groups excluding tert-OH is 1. The fourth-order valence-electron chi connectivity index (χ4n) is 7.15. The van der Waals surface area contributed by atoms with Crippen molar-refractivity contribution >= 4 is 35.2 Å². The Kier molecular flexibility index (Phi) is 7.83. The lowest BCUT2D eigenvalue weighted by Gasteiger charge is -2.41. The van der Waals surface area contributed by atoms with Crippen molar-refractivity contribution in [3.8, 4) is 5.75 Å². The van der Waals surface area contributed by atoms with Crippen LogP contribution in [0.5, 0.6) is 5.75 Å². The van der Waals surface area contributed by atoms with Gasteiger partial charge in [0.05, 0.1) is 36.3 Å². The second kappa shape index (κ2) is 10.9. The zero-order valence-electron chi connectivity index (χ0n) is 24.1. The summed E-state index contributed by atoms with van der Waals surface area (Å²) in [4.78, 5) is 48.7. The molecule has 4 aliphatic heterocycles. The molecule has 1 aromatic rings. The van der Waals surface area contributed by atoms with Crippen LogP contribution in [0.25, 0.3) is 0 Å². The van der Waals surface area contributed by atoms with Gasteiger partial charge in [0.25, 0.3) is 5.91 Å². The summed E-state index contributed by atoms with van der Waals surface area (Å²) in [5.41, 5.74) is 0.709. The fraction of sp³-hybridized carbons (Fsp3) is 0.581. The third-order valence-electron chi connectivity index (χ3n) is 9.30. The number of methoxy groups -OCH3 is 1. The van der Waals surface area contributed by atoms with Gasteiger partial charge in [-0.1, -0.05) is 51.5 Å². The number of rotatable bonds is 8. The molecule has 0 saturated carbocycles. The standard InChI is InChI=1S/C31H41N3O5S/c1-6-16-32-17-8-14-30(4)24(27(32)36)25-28(37)34(23(19-35)20(3)7-2)26-29(38)33(18-9-15-31(25,26)40-30)21-10-12-22(39-5)13-11-21/h8-15,20,23-26,35H,6-7,16-19H2,1-5H3/t20-,23-,24-,25-,26?,30+,31-/m0/s1. The summed E-state index contributed by atoms with van der Waals surface area (Å²) in [6.45, 7) is 9.35. The van der Waals surface area contributed by atoms with Crippen molar-refractivity contribution < 1.29 is 24.2 Å². The Balaban J connectivity index is 1.66. The van der Waals surface area contributed by atoms with E-state index in [0.717, 1.165) is 12.8 Å². The molecular weight excluding hydrogens is 526 g/mol. The first-order valence-electron chi connectivity index (χ1n) is 14.4. The maximum absolute atomic E-state index is 14.7. The predicted molar refractivity (Wildman–Crippen MR) is 157 cm³/mol. The highest BCUT2D eigenvalue weighted by atomic mass is 32.2. The van der Waals surface area contributed by atoms with Gasteiger partial charge in [0.2, 0.25) is 11.8 Å². The zero-order chi connectivity index (χ0) is 28.8. The Hall–Kier alpha value is -2.78. The van der Waals surface area contributed by atoms with E-state index >= 15 is 0 Å². The molecule has 7 atom stereocenters. The van der Waals surface area contributed by atoms with Crippen molar-refractivity contribution in [3.63, 3.8) is 0 Å². The van der Waals surface area contributed by atoms with Crippen molar-refractivity contribution in [3.05, 3.63) is 48.6 Å². The number of benzene rings is 1. The predicted octanol–water partition coefficient (Wildman–Crippen LogP) is 3.50. The number of nitrogens with zero attached hydrogens (tertiary/aromatic N) is 3. The first kappa shape index (κ1) is 28.7. The number of thioether (sulfide) groups is 1. The molecule has 0 aromatic heterocycles. The molecule has 3 amide bonds. The molecule has 40 heavy (non-hydrogen) atoms. The highest BCUT2D eigenvalue weighted by Crippen LogP contribution is 2.66. The van der Waals surface area contributed by atoms with Gasteiger partial charge >= 0.3 is 0 Å². The quantitative estimate of drug-likeness (QED) is 0.484. The molecule has 5 rings (SSSR count).